The predicted octanol–water partition coefficient (Wildman–Crippen LogP) is 6.89. The third kappa shape index (κ3) is 11.8. The van der Waals surface area contributed by atoms with Crippen LogP contribution in [0.4, 0.5) is 0 Å². The van der Waals surface area contributed by atoms with Gasteiger partial charge in [0.25, 0.3) is 0 Å². The Kier molecular flexibility index (Phi) is 8.64. The van der Waals surface area contributed by atoms with Crippen LogP contribution >= 0.6 is 16.4 Å². The molecule has 23 heavy (non-hydrogen) atoms. The Morgan fingerprint density at radius 2 is 0.913 bits per heavy atom. The van der Waals surface area contributed by atoms with Gasteiger partial charge in [0, 0.05) is 16.7 Å². The summed E-state index contributed by atoms with van der Waals surface area (Å²) < 4.78 is 12.7. The molecule has 0 saturated heterocycles. The number of hydrogen-bond acceptors (Lipinski definition) is 2. The van der Waals surface area contributed by atoms with Gasteiger partial charge in [-0.3, -0.25) is 0 Å². The minimum absolute atomic E-state index is 0.0961. The van der Waals surface area contributed by atoms with Crippen molar-refractivity contribution in [2.75, 3.05) is 5.90 Å². The summed E-state index contributed by atoms with van der Waals surface area (Å²) in [6, 6.07) is 0. The van der Waals surface area contributed by atoms with Crippen molar-refractivity contribution < 1.29 is 8.85 Å². The van der Waals surface area contributed by atoms with Crippen molar-refractivity contribution in [2.45, 2.75) is 80.8 Å². The maximum absolute atomic E-state index is 6.37. The molecule has 0 heterocycles. The minimum atomic E-state index is -1.56. The molecule has 0 aromatic carbocycles. The Morgan fingerprint density at radius 3 is 1.09 bits per heavy atom. The van der Waals surface area contributed by atoms with Crippen LogP contribution in [0.5, 0.6) is 0 Å². The van der Waals surface area contributed by atoms with Gasteiger partial charge in [-0.1, -0.05) is 58.0 Å². The van der Waals surface area contributed by atoms with E-state index in [4.69, 9.17) is 8.85 Å². The normalized spacial score (nSPS) is 16.0. The van der Waals surface area contributed by atoms with E-state index in [-0.39, 0.29) is 10.8 Å². The molecule has 0 bridgehead atoms. The van der Waals surface area contributed by atoms with Gasteiger partial charge in [-0.25, -0.2) is 0 Å². The van der Waals surface area contributed by atoms with E-state index in [0.29, 0.717) is 0 Å². The molecule has 0 aliphatic rings. The van der Waals surface area contributed by atoms with Gasteiger partial charge >= 0.3 is 0 Å². The molecule has 0 aliphatic carbocycles. The van der Waals surface area contributed by atoms with Crippen molar-refractivity contribution in [1.29, 1.82) is 0 Å². The smallest absolute Gasteiger partial charge is 0.191 e. The lowest BCUT2D eigenvalue weighted by molar-refractivity contribution is 0.447. The lowest BCUT2D eigenvalue weighted by atomic mass is 9.99. The standard InChI is InChI=1S/C17H38O2P2Si2/c1-16(2,3)14(18-22(7,8)9)20-13-21-15(17(4,5)6)19-23(10,11)12/h13H2,1-12H3. The van der Waals surface area contributed by atoms with E-state index in [1.807, 2.05) is 0 Å². The van der Waals surface area contributed by atoms with E-state index in [9.17, 15) is 0 Å². The van der Waals surface area contributed by atoms with Gasteiger partial charge in [0.1, 0.15) is 0 Å². The molecule has 136 valence electrons. The highest BCUT2D eigenvalue weighted by molar-refractivity contribution is 7.57. The molecule has 2 nitrogen and oxygen atoms in total. The highest BCUT2D eigenvalue weighted by Gasteiger charge is 2.27. The molecule has 0 amide bonds. The van der Waals surface area contributed by atoms with E-state index >= 15 is 0 Å². The number of hydrogen-bond donors (Lipinski definition) is 0. The maximum Gasteiger partial charge on any atom is 0.191 e. The molecule has 0 N–H and O–H groups in total. The second-order valence-corrected chi connectivity index (χ2v) is 21.4. The third-order valence-corrected chi connectivity index (χ3v) is 7.72. The monoisotopic (exact) mass is 392 g/mol. The van der Waals surface area contributed by atoms with Crippen LogP contribution in [0.25, 0.3) is 0 Å². The molecule has 0 aromatic heterocycles. The molecule has 0 aromatic rings. The van der Waals surface area contributed by atoms with Gasteiger partial charge < -0.3 is 8.85 Å². The highest BCUT2D eigenvalue weighted by atomic mass is 31.1. The second-order valence-electron chi connectivity index (χ2n) is 10.00. The molecule has 0 spiro atoms. The molecule has 0 fully saturated rings. The van der Waals surface area contributed by atoms with Crippen LogP contribution in [-0.4, -0.2) is 33.5 Å². The van der Waals surface area contributed by atoms with Gasteiger partial charge in [0.05, 0.1) is 11.0 Å². The fourth-order valence-electron chi connectivity index (χ4n) is 1.59. The van der Waals surface area contributed by atoms with Crippen molar-refractivity contribution >= 4 is 44.0 Å². The summed E-state index contributed by atoms with van der Waals surface area (Å²) >= 11 is 0. The Hall–Kier alpha value is 0.694. The van der Waals surface area contributed by atoms with Crippen LogP contribution < -0.4 is 0 Å². The molecule has 6 heteroatoms. The summed E-state index contributed by atoms with van der Waals surface area (Å²) in [7, 11) is -0.526. The first kappa shape index (κ1) is 23.7. The summed E-state index contributed by atoms with van der Waals surface area (Å²) in [6.07, 6.45) is 0. The van der Waals surface area contributed by atoms with Crippen molar-refractivity contribution in [2.24, 2.45) is 10.8 Å². The molecule has 0 atom stereocenters. The average molecular weight is 393 g/mol. The highest BCUT2D eigenvalue weighted by Crippen LogP contribution is 2.31. The van der Waals surface area contributed by atoms with Crippen molar-refractivity contribution in [3.63, 3.8) is 0 Å². The summed E-state index contributed by atoms with van der Waals surface area (Å²) in [6.45, 7) is 27.0. The molecule has 0 saturated carbocycles. The van der Waals surface area contributed by atoms with E-state index in [1.165, 1.54) is 27.4 Å². The summed E-state index contributed by atoms with van der Waals surface area (Å²) in [4.78, 5) is 0. The topological polar surface area (TPSA) is 18.5 Å². The Balaban J connectivity index is 5.37. The van der Waals surface area contributed by atoms with Gasteiger partial charge in [-0.15, -0.1) is 0 Å². The van der Waals surface area contributed by atoms with Gasteiger partial charge in [0.15, 0.2) is 16.6 Å². The first-order valence-corrected chi connectivity index (χ1v) is 17.4. The van der Waals surface area contributed by atoms with Gasteiger partial charge in [0.2, 0.25) is 0 Å². The Labute approximate surface area is 150 Å². The zero-order valence-electron chi connectivity index (χ0n) is 17.4. The first-order valence-electron chi connectivity index (χ1n) is 8.40. The zero-order chi connectivity index (χ0) is 18.7. The molecular weight excluding hydrogens is 354 g/mol. The van der Waals surface area contributed by atoms with E-state index in [0.717, 1.165) is 5.90 Å². The van der Waals surface area contributed by atoms with E-state index in [2.05, 4.69) is 80.8 Å². The quantitative estimate of drug-likeness (QED) is 0.362. The van der Waals surface area contributed by atoms with E-state index in [1.54, 1.807) is 0 Å². The molecule has 0 aliphatic heterocycles. The zero-order valence-corrected chi connectivity index (χ0v) is 21.2. The largest absolute Gasteiger partial charge is 0.385 e. The van der Waals surface area contributed by atoms with Crippen LogP contribution in [0.2, 0.25) is 39.3 Å². The first-order chi connectivity index (χ1) is 9.92. The summed E-state index contributed by atoms with van der Waals surface area (Å²) in [5, 5.41) is 0. The SMILES string of the molecule is CC(C)(C)C(O[Si](C)(C)C)=PCP=C(O[Si](C)(C)C)C(C)(C)C. The lowest BCUT2D eigenvalue weighted by Crippen LogP contribution is -2.35. The summed E-state index contributed by atoms with van der Waals surface area (Å²) in [5.74, 6) is 1.05. The fraction of sp³-hybridized carbons (Fsp3) is 0.882. The average Bonchev–Trinajstić information content (AvgIpc) is 2.20. The van der Waals surface area contributed by atoms with E-state index < -0.39 is 16.6 Å². The van der Waals surface area contributed by atoms with Crippen molar-refractivity contribution in [3.05, 3.63) is 0 Å². The van der Waals surface area contributed by atoms with Crippen LogP contribution in [0.3, 0.4) is 0 Å². The predicted molar refractivity (Wildman–Crippen MR) is 116 cm³/mol. The van der Waals surface area contributed by atoms with Crippen LogP contribution in [-0.2, 0) is 8.85 Å². The van der Waals surface area contributed by atoms with Crippen molar-refractivity contribution in [3.8, 4) is 0 Å². The lowest BCUT2D eigenvalue weighted by Gasteiger charge is -2.29. The minimum Gasteiger partial charge on any atom is -0.385 e. The molecule has 0 radical (unpaired) electrons. The summed E-state index contributed by atoms with van der Waals surface area (Å²) in [5.41, 5.74) is 2.65. The molecular formula is C17H38O2P2Si2. The molecule has 0 unspecified atom stereocenters. The van der Waals surface area contributed by atoms with Crippen LogP contribution in [0.1, 0.15) is 41.5 Å². The fourth-order valence-corrected chi connectivity index (χ4v) is 7.78. The number of rotatable bonds is 6. The van der Waals surface area contributed by atoms with Gasteiger partial charge in [-0.2, -0.15) is 0 Å². The Morgan fingerprint density at radius 1 is 0.652 bits per heavy atom. The maximum atomic E-state index is 6.37. The van der Waals surface area contributed by atoms with Gasteiger partial charge in [-0.05, 0) is 39.3 Å². The Bertz CT molecular complexity index is 403. The van der Waals surface area contributed by atoms with Crippen LogP contribution in [0.15, 0.2) is 0 Å². The molecule has 0 rings (SSSR count). The third-order valence-electron chi connectivity index (χ3n) is 2.52. The van der Waals surface area contributed by atoms with Crippen molar-refractivity contribution in [1.82, 2.24) is 0 Å². The second kappa shape index (κ2) is 8.38. The van der Waals surface area contributed by atoms with Crippen LogP contribution in [0, 0.1) is 10.8 Å².